The van der Waals surface area contributed by atoms with Crippen molar-refractivity contribution in [1.82, 2.24) is 5.32 Å². The second-order valence-electron chi connectivity index (χ2n) is 10.7. The molecular formula is C37H29N3. The van der Waals surface area contributed by atoms with Gasteiger partial charge < -0.3 is 16.0 Å². The third-order valence-corrected chi connectivity index (χ3v) is 8.65. The molecule has 0 radical (unpaired) electrons. The number of benzene rings is 5. The van der Waals surface area contributed by atoms with Crippen molar-refractivity contribution in [1.29, 1.82) is 0 Å². The maximum atomic E-state index is 6.02. The van der Waals surface area contributed by atoms with Gasteiger partial charge >= 0.3 is 0 Å². The summed E-state index contributed by atoms with van der Waals surface area (Å²) in [5.74, 6) is 0. The fourth-order valence-corrected chi connectivity index (χ4v) is 7.02. The van der Waals surface area contributed by atoms with Crippen LogP contribution < -0.4 is 16.0 Å². The monoisotopic (exact) mass is 515 g/mol. The van der Waals surface area contributed by atoms with E-state index in [2.05, 4.69) is 144 Å². The van der Waals surface area contributed by atoms with Crippen molar-refractivity contribution in [3.63, 3.8) is 0 Å². The summed E-state index contributed by atoms with van der Waals surface area (Å²) in [4.78, 5) is 2.42. The summed E-state index contributed by atoms with van der Waals surface area (Å²) in [6.45, 7) is 1.34. The highest BCUT2D eigenvalue weighted by Crippen LogP contribution is 2.62. The molecule has 1 aliphatic carbocycles. The molecule has 3 heteroatoms. The summed E-state index contributed by atoms with van der Waals surface area (Å²) in [6.07, 6.45) is 4.54. The molecule has 8 rings (SSSR count). The highest BCUT2D eigenvalue weighted by Gasteiger charge is 2.53. The molecule has 0 saturated heterocycles. The number of anilines is 3. The Morgan fingerprint density at radius 3 is 2.12 bits per heavy atom. The molecule has 0 aromatic heterocycles. The fraction of sp³-hybridized carbons (Fsp3) is 0.0811. The van der Waals surface area contributed by atoms with Gasteiger partial charge in [-0.3, -0.25) is 0 Å². The Labute approximate surface area is 234 Å². The van der Waals surface area contributed by atoms with Gasteiger partial charge in [0.15, 0.2) is 0 Å². The maximum absolute atomic E-state index is 6.02. The van der Waals surface area contributed by atoms with Gasteiger partial charge in [-0.2, -0.15) is 0 Å². The van der Waals surface area contributed by atoms with Gasteiger partial charge in [0.2, 0.25) is 0 Å². The number of nitrogens with one attached hydrogen (secondary N) is 1. The smallest absolute Gasteiger partial charge is 0.0901 e. The zero-order chi connectivity index (χ0) is 26.7. The van der Waals surface area contributed by atoms with Crippen molar-refractivity contribution in [2.45, 2.75) is 12.0 Å². The minimum Gasteiger partial charge on any atom is -0.383 e. The van der Waals surface area contributed by atoms with Crippen molar-refractivity contribution >= 4 is 22.6 Å². The predicted molar refractivity (Wildman–Crippen MR) is 165 cm³/mol. The molecule has 0 amide bonds. The third kappa shape index (κ3) is 3.10. The van der Waals surface area contributed by atoms with Crippen LogP contribution >= 0.6 is 0 Å². The summed E-state index contributed by atoms with van der Waals surface area (Å²) in [5.41, 5.74) is 20.4. The number of hydrogen-bond acceptors (Lipinski definition) is 3. The lowest BCUT2D eigenvalue weighted by molar-refractivity contribution is 0.659. The summed E-state index contributed by atoms with van der Waals surface area (Å²) in [6, 6.07) is 44.2. The Kier molecular flexibility index (Phi) is 5.10. The van der Waals surface area contributed by atoms with Crippen molar-refractivity contribution in [2.24, 2.45) is 5.73 Å². The van der Waals surface area contributed by atoms with Crippen LogP contribution in [0, 0.1) is 0 Å². The summed E-state index contributed by atoms with van der Waals surface area (Å²) >= 11 is 0. The topological polar surface area (TPSA) is 41.3 Å². The first kappa shape index (κ1) is 23.1. The van der Waals surface area contributed by atoms with E-state index in [1.165, 1.54) is 56.0 Å². The minimum atomic E-state index is -0.463. The summed E-state index contributed by atoms with van der Waals surface area (Å²) in [5, 5.41) is 3.86. The first-order valence-corrected chi connectivity index (χ1v) is 13.9. The number of hydrogen-bond donors (Lipinski definition) is 2. The molecule has 0 atom stereocenters. The van der Waals surface area contributed by atoms with Gasteiger partial charge in [0.25, 0.3) is 0 Å². The van der Waals surface area contributed by atoms with Crippen LogP contribution in [0.25, 0.3) is 16.7 Å². The second-order valence-corrected chi connectivity index (χ2v) is 10.7. The normalized spacial score (nSPS) is 15.8. The molecule has 0 unspecified atom stereocenters. The highest BCUT2D eigenvalue weighted by molar-refractivity contribution is 5.97. The van der Waals surface area contributed by atoms with Crippen LogP contribution in [0.5, 0.6) is 0 Å². The number of dihydropyridines is 1. The molecule has 40 heavy (non-hydrogen) atoms. The quantitative estimate of drug-likeness (QED) is 0.257. The van der Waals surface area contributed by atoms with E-state index in [0.717, 1.165) is 17.8 Å². The van der Waals surface area contributed by atoms with Crippen LogP contribution in [0.4, 0.5) is 17.1 Å². The van der Waals surface area contributed by atoms with Crippen LogP contribution in [-0.2, 0) is 12.0 Å². The van der Waals surface area contributed by atoms with Crippen LogP contribution in [0.1, 0.15) is 27.8 Å². The Hall–Kier alpha value is -4.86. The van der Waals surface area contributed by atoms with Gasteiger partial charge in [0, 0.05) is 30.0 Å². The number of fused-ring (bicyclic) bond motifs is 8. The predicted octanol–water partition coefficient (Wildman–Crippen LogP) is 7.81. The average molecular weight is 516 g/mol. The van der Waals surface area contributed by atoms with Gasteiger partial charge in [-0.05, 0) is 75.3 Å². The maximum Gasteiger partial charge on any atom is 0.0901 e. The van der Waals surface area contributed by atoms with Gasteiger partial charge in [-0.15, -0.1) is 0 Å². The number of para-hydroxylation sites is 3. The zero-order valence-electron chi connectivity index (χ0n) is 22.1. The number of nitrogens with zero attached hydrogens (tertiary/aromatic N) is 1. The Morgan fingerprint density at radius 1 is 0.675 bits per heavy atom. The van der Waals surface area contributed by atoms with Gasteiger partial charge in [-0.25, -0.2) is 0 Å². The van der Waals surface area contributed by atoms with Crippen molar-refractivity contribution in [2.75, 3.05) is 11.4 Å². The molecule has 5 aromatic carbocycles. The van der Waals surface area contributed by atoms with Crippen molar-refractivity contribution in [3.05, 3.63) is 167 Å². The van der Waals surface area contributed by atoms with E-state index in [1.807, 2.05) is 0 Å². The van der Waals surface area contributed by atoms with Crippen LogP contribution in [-0.4, -0.2) is 6.54 Å². The molecule has 3 nitrogen and oxygen atoms in total. The molecule has 0 fully saturated rings. The SMILES string of the molecule is NCc1cccc(-c2ccc3c(c2)C2(C4=C3C=CCN4)c3ccccc3N(c3ccccc3)c3ccccc32)c1. The lowest BCUT2D eigenvalue weighted by atomic mass is 9.65. The number of allylic oxidation sites excluding steroid dienone is 3. The van der Waals surface area contributed by atoms with E-state index in [9.17, 15) is 0 Å². The summed E-state index contributed by atoms with van der Waals surface area (Å²) < 4.78 is 0. The Bertz CT molecular complexity index is 1800. The van der Waals surface area contributed by atoms with Crippen molar-refractivity contribution in [3.8, 4) is 11.1 Å². The molecule has 2 aliphatic heterocycles. The van der Waals surface area contributed by atoms with Gasteiger partial charge in [0.1, 0.15) is 0 Å². The zero-order valence-corrected chi connectivity index (χ0v) is 22.1. The molecule has 1 spiro atoms. The molecular weight excluding hydrogens is 486 g/mol. The lowest BCUT2D eigenvalue weighted by Crippen LogP contribution is -2.41. The van der Waals surface area contributed by atoms with Crippen molar-refractivity contribution < 1.29 is 0 Å². The van der Waals surface area contributed by atoms with E-state index < -0.39 is 5.41 Å². The van der Waals surface area contributed by atoms with E-state index in [4.69, 9.17) is 5.73 Å². The van der Waals surface area contributed by atoms with Gasteiger partial charge in [0.05, 0.1) is 16.8 Å². The standard InChI is InChI=1S/C37H29N3/c38-24-25-10-8-11-26(22-25)27-19-20-29-30-14-9-21-39-36(30)37(33(29)23-27)31-15-4-6-17-34(31)40(28-12-2-1-3-13-28)35-18-7-5-16-32(35)37/h1-20,22-23,39H,21,24,38H2. The third-order valence-electron chi connectivity index (χ3n) is 8.65. The lowest BCUT2D eigenvalue weighted by Gasteiger charge is -2.46. The first-order chi connectivity index (χ1) is 19.8. The Morgan fingerprint density at radius 2 is 1.38 bits per heavy atom. The molecule has 3 aliphatic rings. The first-order valence-electron chi connectivity index (χ1n) is 13.9. The van der Waals surface area contributed by atoms with Gasteiger partial charge in [-0.1, -0.05) is 97.1 Å². The van der Waals surface area contributed by atoms with E-state index >= 15 is 0 Å². The fourth-order valence-electron chi connectivity index (χ4n) is 7.02. The van der Waals surface area contributed by atoms with Crippen LogP contribution in [0.2, 0.25) is 0 Å². The van der Waals surface area contributed by atoms with E-state index in [0.29, 0.717) is 6.54 Å². The van der Waals surface area contributed by atoms with E-state index in [-0.39, 0.29) is 0 Å². The molecule has 5 aromatic rings. The molecule has 2 heterocycles. The molecule has 3 N–H and O–H groups in total. The summed E-state index contributed by atoms with van der Waals surface area (Å²) in [7, 11) is 0. The molecule has 0 saturated carbocycles. The minimum absolute atomic E-state index is 0.463. The largest absolute Gasteiger partial charge is 0.383 e. The average Bonchev–Trinajstić information content (AvgIpc) is 3.32. The number of nitrogens with two attached hydrogens (primary N) is 1. The Balaban J connectivity index is 1.47. The van der Waals surface area contributed by atoms with Crippen LogP contribution in [0.15, 0.2) is 139 Å². The molecule has 192 valence electrons. The molecule has 0 bridgehead atoms. The second kappa shape index (κ2) is 8.84. The number of rotatable bonds is 3. The van der Waals surface area contributed by atoms with Crippen LogP contribution in [0.3, 0.4) is 0 Å². The highest BCUT2D eigenvalue weighted by atomic mass is 15.2. The van der Waals surface area contributed by atoms with E-state index in [1.54, 1.807) is 0 Å².